The zero-order chi connectivity index (χ0) is 8.91. The van der Waals surface area contributed by atoms with Crippen LogP contribution in [0.4, 0.5) is 0 Å². The fourth-order valence-electron chi connectivity index (χ4n) is 0.953. The Hall–Kier alpha value is -0.560. The highest BCUT2D eigenvalue weighted by Crippen LogP contribution is 2.18. The Morgan fingerprint density at radius 2 is 2.00 bits per heavy atom. The van der Waals surface area contributed by atoms with Crippen LogP contribution in [0.1, 0.15) is 26.7 Å². The molecule has 0 bridgehead atoms. The van der Waals surface area contributed by atoms with E-state index in [0.717, 1.165) is 12.8 Å². The Kier molecular flexibility index (Phi) is 4.12. The summed E-state index contributed by atoms with van der Waals surface area (Å²) >= 11 is 0. The van der Waals surface area contributed by atoms with Gasteiger partial charge in [0.25, 0.3) is 0 Å². The molecule has 0 aromatic carbocycles. The standard InChI is InChI=1S/C5H10O2S.C2H3N/c1-5-3-2-4-8(5,6)7;1-2-3/h5H,2-4H2,1H3;1H3. The lowest BCUT2D eigenvalue weighted by molar-refractivity contribution is 0.593. The lowest BCUT2D eigenvalue weighted by atomic mass is 10.3. The van der Waals surface area contributed by atoms with Crippen molar-refractivity contribution in [3.05, 3.63) is 0 Å². The van der Waals surface area contributed by atoms with E-state index in [2.05, 4.69) is 0 Å². The summed E-state index contributed by atoms with van der Waals surface area (Å²) in [7, 11) is -2.62. The number of rotatable bonds is 0. The third-order valence-corrected chi connectivity index (χ3v) is 3.97. The molecule has 1 heterocycles. The Labute approximate surface area is 67.9 Å². The second-order valence-corrected chi connectivity index (χ2v) is 5.08. The second-order valence-electron chi connectivity index (χ2n) is 2.54. The first-order valence-electron chi connectivity index (χ1n) is 3.57. The van der Waals surface area contributed by atoms with Gasteiger partial charge in [0.1, 0.15) is 0 Å². The Morgan fingerprint density at radius 3 is 2.09 bits per heavy atom. The SMILES string of the molecule is CC#N.CC1CCCS1(=O)=O. The van der Waals surface area contributed by atoms with E-state index in [0.29, 0.717) is 5.75 Å². The van der Waals surface area contributed by atoms with Crippen LogP contribution in [0.15, 0.2) is 0 Å². The van der Waals surface area contributed by atoms with E-state index in [1.54, 1.807) is 13.0 Å². The highest BCUT2D eigenvalue weighted by molar-refractivity contribution is 7.92. The van der Waals surface area contributed by atoms with Crippen LogP contribution < -0.4 is 0 Å². The van der Waals surface area contributed by atoms with Gasteiger partial charge in [-0.05, 0) is 19.8 Å². The molecule has 0 N–H and O–H groups in total. The average molecular weight is 175 g/mol. The van der Waals surface area contributed by atoms with Crippen molar-refractivity contribution in [2.75, 3.05) is 5.75 Å². The van der Waals surface area contributed by atoms with Crippen LogP contribution >= 0.6 is 0 Å². The molecule has 0 amide bonds. The predicted molar refractivity (Wildman–Crippen MR) is 43.8 cm³/mol. The molecule has 64 valence electrons. The fraction of sp³-hybridized carbons (Fsp3) is 0.857. The van der Waals surface area contributed by atoms with Crippen molar-refractivity contribution in [3.63, 3.8) is 0 Å². The molecular weight excluding hydrogens is 162 g/mol. The van der Waals surface area contributed by atoms with Crippen LogP contribution in [0.2, 0.25) is 0 Å². The number of hydrogen-bond acceptors (Lipinski definition) is 3. The van der Waals surface area contributed by atoms with Crippen molar-refractivity contribution in [2.45, 2.75) is 31.9 Å². The first-order valence-corrected chi connectivity index (χ1v) is 5.28. The van der Waals surface area contributed by atoms with Crippen LogP contribution in [0.3, 0.4) is 0 Å². The lowest BCUT2D eigenvalue weighted by Gasteiger charge is -1.96. The van der Waals surface area contributed by atoms with Crippen molar-refractivity contribution in [1.82, 2.24) is 0 Å². The third kappa shape index (κ3) is 3.38. The van der Waals surface area contributed by atoms with Gasteiger partial charge in [-0.25, -0.2) is 8.42 Å². The van der Waals surface area contributed by atoms with Gasteiger partial charge in [0.2, 0.25) is 0 Å². The molecular formula is C7H13NO2S. The van der Waals surface area contributed by atoms with Crippen LogP contribution in [-0.4, -0.2) is 19.4 Å². The van der Waals surface area contributed by atoms with Gasteiger partial charge in [-0.2, -0.15) is 5.26 Å². The van der Waals surface area contributed by atoms with Gasteiger partial charge in [0, 0.05) is 6.92 Å². The highest BCUT2D eigenvalue weighted by atomic mass is 32.2. The zero-order valence-corrected chi connectivity index (χ0v) is 7.69. The van der Waals surface area contributed by atoms with Gasteiger partial charge in [0.15, 0.2) is 9.84 Å². The largest absolute Gasteiger partial charge is 0.229 e. The lowest BCUT2D eigenvalue weighted by Crippen LogP contribution is -2.10. The molecule has 0 spiro atoms. The Balaban J connectivity index is 0.000000292. The molecule has 0 radical (unpaired) electrons. The number of sulfone groups is 1. The molecule has 0 aromatic heterocycles. The van der Waals surface area contributed by atoms with Gasteiger partial charge in [0.05, 0.1) is 17.1 Å². The van der Waals surface area contributed by atoms with Crippen molar-refractivity contribution >= 4 is 9.84 Å². The molecule has 1 atom stereocenters. The summed E-state index contributed by atoms with van der Waals surface area (Å²) in [6.45, 7) is 3.21. The summed E-state index contributed by atoms with van der Waals surface area (Å²) in [5, 5.41) is 7.25. The maximum Gasteiger partial charge on any atom is 0.152 e. The van der Waals surface area contributed by atoms with Gasteiger partial charge in [-0.1, -0.05) is 0 Å². The van der Waals surface area contributed by atoms with E-state index in [9.17, 15) is 8.42 Å². The number of nitriles is 1. The first kappa shape index (κ1) is 10.4. The number of hydrogen-bond donors (Lipinski definition) is 0. The van der Waals surface area contributed by atoms with Crippen LogP contribution in [0.5, 0.6) is 0 Å². The monoisotopic (exact) mass is 175 g/mol. The van der Waals surface area contributed by atoms with Gasteiger partial charge >= 0.3 is 0 Å². The number of nitrogens with zero attached hydrogens (tertiary/aromatic N) is 1. The molecule has 4 heteroatoms. The van der Waals surface area contributed by atoms with Crippen molar-refractivity contribution in [3.8, 4) is 6.07 Å². The fourth-order valence-corrected chi connectivity index (χ4v) is 2.45. The van der Waals surface area contributed by atoms with E-state index in [1.165, 1.54) is 6.92 Å². The molecule has 11 heavy (non-hydrogen) atoms. The maximum atomic E-state index is 10.8. The van der Waals surface area contributed by atoms with E-state index in [1.807, 2.05) is 0 Å². The summed E-state index contributed by atoms with van der Waals surface area (Å²) in [5.74, 6) is 0.411. The molecule has 1 rings (SSSR count). The minimum absolute atomic E-state index is 0.0671. The molecule has 1 aliphatic heterocycles. The molecule has 1 aliphatic rings. The molecule has 0 saturated carbocycles. The summed E-state index contributed by atoms with van der Waals surface area (Å²) in [5.41, 5.74) is 0. The topological polar surface area (TPSA) is 57.9 Å². The molecule has 3 nitrogen and oxygen atoms in total. The average Bonchev–Trinajstić information content (AvgIpc) is 2.14. The summed E-state index contributed by atoms with van der Waals surface area (Å²) in [6.07, 6.45) is 1.73. The first-order chi connectivity index (χ1) is 5.04. The zero-order valence-electron chi connectivity index (χ0n) is 6.87. The minimum atomic E-state index is -2.62. The molecule has 1 fully saturated rings. The van der Waals surface area contributed by atoms with Crippen molar-refractivity contribution in [1.29, 1.82) is 5.26 Å². The van der Waals surface area contributed by atoms with Gasteiger partial charge in [-0.3, -0.25) is 0 Å². The quantitative estimate of drug-likeness (QED) is 0.554. The van der Waals surface area contributed by atoms with Crippen molar-refractivity contribution in [2.24, 2.45) is 0 Å². The van der Waals surface area contributed by atoms with Gasteiger partial charge < -0.3 is 0 Å². The molecule has 1 unspecified atom stereocenters. The predicted octanol–water partition coefficient (Wildman–Crippen LogP) is 1.11. The normalized spacial score (nSPS) is 26.5. The highest BCUT2D eigenvalue weighted by Gasteiger charge is 2.26. The second kappa shape index (κ2) is 4.35. The minimum Gasteiger partial charge on any atom is -0.229 e. The van der Waals surface area contributed by atoms with E-state index in [-0.39, 0.29) is 5.25 Å². The summed E-state index contributed by atoms with van der Waals surface area (Å²) < 4.78 is 21.5. The Bertz CT molecular complexity index is 238. The maximum absolute atomic E-state index is 10.8. The molecule has 0 aliphatic carbocycles. The van der Waals surface area contributed by atoms with Gasteiger partial charge in [-0.15, -0.1) is 0 Å². The summed E-state index contributed by atoms with van der Waals surface area (Å²) in [4.78, 5) is 0. The third-order valence-electron chi connectivity index (χ3n) is 1.65. The van der Waals surface area contributed by atoms with Crippen molar-refractivity contribution < 1.29 is 8.42 Å². The summed E-state index contributed by atoms with van der Waals surface area (Å²) in [6, 6.07) is 1.75. The molecule has 1 saturated heterocycles. The van der Waals surface area contributed by atoms with Crippen LogP contribution in [-0.2, 0) is 9.84 Å². The molecule has 0 aromatic rings. The van der Waals surface area contributed by atoms with E-state index >= 15 is 0 Å². The Morgan fingerprint density at radius 1 is 1.55 bits per heavy atom. The van der Waals surface area contributed by atoms with Crippen LogP contribution in [0, 0.1) is 11.3 Å². The van der Waals surface area contributed by atoms with Crippen LogP contribution in [0.25, 0.3) is 0 Å². The van der Waals surface area contributed by atoms with E-state index in [4.69, 9.17) is 5.26 Å². The van der Waals surface area contributed by atoms with E-state index < -0.39 is 9.84 Å². The smallest absolute Gasteiger partial charge is 0.152 e.